The first-order chi connectivity index (χ1) is 6.88. The van der Waals surface area contributed by atoms with Crippen molar-refractivity contribution in [3.63, 3.8) is 0 Å². The molecule has 1 heterocycles. The van der Waals surface area contributed by atoms with Crippen LogP contribution in [0.2, 0.25) is 0 Å². The predicted molar refractivity (Wildman–Crippen MR) is 57.6 cm³/mol. The molecule has 3 nitrogen and oxygen atoms in total. The van der Waals surface area contributed by atoms with Gasteiger partial charge in [0.15, 0.2) is 0 Å². The van der Waals surface area contributed by atoms with Crippen molar-refractivity contribution in [1.29, 1.82) is 0 Å². The normalized spacial score (nSPS) is 21.0. The number of ether oxygens (including phenoxy) is 2. The number of unbranched alkanes of at least 4 members (excludes halogenated alkanes) is 1. The van der Waals surface area contributed by atoms with Gasteiger partial charge >= 0.3 is 0 Å². The highest BCUT2D eigenvalue weighted by Crippen LogP contribution is 2.11. The summed E-state index contributed by atoms with van der Waals surface area (Å²) in [6, 6.07) is 0.601. The Bertz CT molecular complexity index is 135. The van der Waals surface area contributed by atoms with E-state index < -0.39 is 0 Å². The molecule has 1 rings (SSSR count). The Morgan fingerprint density at radius 2 is 2.07 bits per heavy atom. The first-order valence-corrected chi connectivity index (χ1v) is 5.69. The van der Waals surface area contributed by atoms with Gasteiger partial charge in [-0.25, -0.2) is 0 Å². The lowest BCUT2D eigenvalue weighted by Gasteiger charge is -2.34. The highest BCUT2D eigenvalue weighted by molar-refractivity contribution is 4.73. The Balaban J connectivity index is 2.30. The second kappa shape index (κ2) is 7.21. The summed E-state index contributed by atoms with van der Waals surface area (Å²) in [6.45, 7) is 7.00. The monoisotopic (exact) mass is 201 g/mol. The zero-order valence-corrected chi connectivity index (χ0v) is 9.50. The van der Waals surface area contributed by atoms with Gasteiger partial charge in [-0.1, -0.05) is 19.8 Å². The molecule has 1 aliphatic rings. The fourth-order valence-electron chi connectivity index (χ4n) is 1.95. The van der Waals surface area contributed by atoms with Crippen LogP contribution in [0.3, 0.4) is 0 Å². The molecule has 14 heavy (non-hydrogen) atoms. The Hall–Kier alpha value is -0.120. The molecule has 0 aromatic heterocycles. The van der Waals surface area contributed by atoms with E-state index in [1.165, 1.54) is 19.3 Å². The smallest absolute Gasteiger partial charge is 0.0618 e. The summed E-state index contributed by atoms with van der Waals surface area (Å²) in [4.78, 5) is 2.50. The van der Waals surface area contributed by atoms with Crippen LogP contribution in [0.1, 0.15) is 26.2 Å². The Morgan fingerprint density at radius 1 is 1.36 bits per heavy atom. The van der Waals surface area contributed by atoms with E-state index in [1.807, 2.05) is 0 Å². The molecule has 1 aliphatic heterocycles. The predicted octanol–water partition coefficient (Wildman–Crippen LogP) is 1.52. The van der Waals surface area contributed by atoms with Gasteiger partial charge < -0.3 is 9.47 Å². The number of hydrogen-bond acceptors (Lipinski definition) is 3. The molecule has 1 saturated heterocycles. The maximum atomic E-state index is 5.35. The van der Waals surface area contributed by atoms with Gasteiger partial charge in [0.25, 0.3) is 0 Å². The third-order valence-corrected chi connectivity index (χ3v) is 2.81. The van der Waals surface area contributed by atoms with Crippen molar-refractivity contribution in [2.45, 2.75) is 32.2 Å². The van der Waals surface area contributed by atoms with E-state index in [2.05, 4.69) is 11.8 Å². The fourth-order valence-corrected chi connectivity index (χ4v) is 1.95. The number of nitrogens with zero attached hydrogens (tertiary/aromatic N) is 1. The molecule has 1 atom stereocenters. The van der Waals surface area contributed by atoms with Crippen LogP contribution in [0.4, 0.5) is 0 Å². The van der Waals surface area contributed by atoms with Gasteiger partial charge in [0.05, 0.1) is 19.8 Å². The highest BCUT2D eigenvalue weighted by Gasteiger charge is 2.19. The van der Waals surface area contributed by atoms with E-state index in [9.17, 15) is 0 Å². The molecule has 84 valence electrons. The van der Waals surface area contributed by atoms with Gasteiger partial charge in [-0.2, -0.15) is 0 Å². The van der Waals surface area contributed by atoms with Gasteiger partial charge in [-0.3, -0.25) is 4.90 Å². The van der Waals surface area contributed by atoms with Crippen molar-refractivity contribution in [2.24, 2.45) is 0 Å². The van der Waals surface area contributed by atoms with Crippen molar-refractivity contribution in [2.75, 3.05) is 40.0 Å². The van der Waals surface area contributed by atoms with Crippen LogP contribution >= 0.6 is 0 Å². The van der Waals surface area contributed by atoms with Crippen molar-refractivity contribution >= 4 is 0 Å². The molecule has 0 unspecified atom stereocenters. The van der Waals surface area contributed by atoms with Gasteiger partial charge in [-0.05, 0) is 6.42 Å². The number of hydrogen-bond donors (Lipinski definition) is 0. The SMILES string of the molecule is CCCC[C@H](COC)N1CCOCC1. The minimum Gasteiger partial charge on any atom is -0.383 e. The molecule has 0 amide bonds. The maximum absolute atomic E-state index is 5.35. The van der Waals surface area contributed by atoms with Crippen LogP contribution in [-0.4, -0.2) is 51.0 Å². The first kappa shape index (κ1) is 12.0. The van der Waals surface area contributed by atoms with Crippen molar-refractivity contribution < 1.29 is 9.47 Å². The zero-order chi connectivity index (χ0) is 10.2. The molecule has 1 fully saturated rings. The molecule has 0 radical (unpaired) electrons. The number of methoxy groups -OCH3 is 1. The third-order valence-electron chi connectivity index (χ3n) is 2.81. The van der Waals surface area contributed by atoms with Crippen molar-refractivity contribution in [1.82, 2.24) is 4.90 Å². The minimum atomic E-state index is 0.601. The highest BCUT2D eigenvalue weighted by atomic mass is 16.5. The van der Waals surface area contributed by atoms with Crippen LogP contribution < -0.4 is 0 Å². The van der Waals surface area contributed by atoms with E-state index in [1.54, 1.807) is 7.11 Å². The maximum Gasteiger partial charge on any atom is 0.0618 e. The van der Waals surface area contributed by atoms with E-state index >= 15 is 0 Å². The van der Waals surface area contributed by atoms with Crippen LogP contribution in [0.25, 0.3) is 0 Å². The molecule has 0 aliphatic carbocycles. The molecule has 0 aromatic carbocycles. The van der Waals surface area contributed by atoms with Crippen LogP contribution in [-0.2, 0) is 9.47 Å². The average molecular weight is 201 g/mol. The van der Waals surface area contributed by atoms with Gasteiger partial charge in [0.2, 0.25) is 0 Å². The lowest BCUT2D eigenvalue weighted by Crippen LogP contribution is -2.45. The number of rotatable bonds is 6. The average Bonchev–Trinajstić information content (AvgIpc) is 2.25. The van der Waals surface area contributed by atoms with E-state index in [0.29, 0.717) is 6.04 Å². The van der Waals surface area contributed by atoms with Crippen LogP contribution in [0, 0.1) is 0 Å². The quantitative estimate of drug-likeness (QED) is 0.650. The summed E-state index contributed by atoms with van der Waals surface area (Å²) >= 11 is 0. The summed E-state index contributed by atoms with van der Waals surface area (Å²) in [5.74, 6) is 0. The minimum absolute atomic E-state index is 0.601. The topological polar surface area (TPSA) is 21.7 Å². The van der Waals surface area contributed by atoms with E-state index in [-0.39, 0.29) is 0 Å². The first-order valence-electron chi connectivity index (χ1n) is 5.69. The zero-order valence-electron chi connectivity index (χ0n) is 9.50. The summed E-state index contributed by atoms with van der Waals surface area (Å²) in [5.41, 5.74) is 0. The second-order valence-corrected chi connectivity index (χ2v) is 3.90. The van der Waals surface area contributed by atoms with Gasteiger partial charge in [0.1, 0.15) is 0 Å². The van der Waals surface area contributed by atoms with Crippen molar-refractivity contribution in [3.05, 3.63) is 0 Å². The molecule has 0 aromatic rings. The second-order valence-electron chi connectivity index (χ2n) is 3.90. The largest absolute Gasteiger partial charge is 0.383 e. The summed E-state index contributed by atoms with van der Waals surface area (Å²) in [7, 11) is 1.79. The molecule has 0 N–H and O–H groups in total. The summed E-state index contributed by atoms with van der Waals surface area (Å²) in [6.07, 6.45) is 3.82. The molecule has 0 spiro atoms. The molecular formula is C11H23NO2. The summed E-state index contributed by atoms with van der Waals surface area (Å²) < 4.78 is 10.6. The number of morpholine rings is 1. The Morgan fingerprint density at radius 3 is 2.64 bits per heavy atom. The molecule has 3 heteroatoms. The third kappa shape index (κ3) is 3.95. The van der Waals surface area contributed by atoms with E-state index in [4.69, 9.17) is 9.47 Å². The lowest BCUT2D eigenvalue weighted by molar-refractivity contribution is -0.00576. The van der Waals surface area contributed by atoms with Crippen LogP contribution in [0.5, 0.6) is 0 Å². The van der Waals surface area contributed by atoms with Gasteiger partial charge in [0, 0.05) is 26.2 Å². The van der Waals surface area contributed by atoms with Crippen LogP contribution in [0.15, 0.2) is 0 Å². The molecule has 0 bridgehead atoms. The molecular weight excluding hydrogens is 178 g/mol. The molecule has 0 saturated carbocycles. The summed E-state index contributed by atoms with van der Waals surface area (Å²) in [5, 5.41) is 0. The standard InChI is InChI=1S/C11H23NO2/c1-3-4-5-11(10-13-2)12-6-8-14-9-7-12/h11H,3-10H2,1-2H3/t11-/m1/s1. The van der Waals surface area contributed by atoms with E-state index in [0.717, 1.165) is 32.9 Å². The fraction of sp³-hybridized carbons (Fsp3) is 1.00. The Kier molecular flexibility index (Phi) is 6.15. The van der Waals surface area contributed by atoms with Gasteiger partial charge in [-0.15, -0.1) is 0 Å². The van der Waals surface area contributed by atoms with Crippen molar-refractivity contribution in [3.8, 4) is 0 Å². The lowest BCUT2D eigenvalue weighted by atomic mass is 10.1. The Labute approximate surface area is 87.4 Å².